The van der Waals surface area contributed by atoms with Gasteiger partial charge < -0.3 is 20.9 Å². The van der Waals surface area contributed by atoms with E-state index in [9.17, 15) is 4.79 Å². The number of urea groups is 1. The van der Waals surface area contributed by atoms with Crippen molar-refractivity contribution in [3.8, 4) is 0 Å². The van der Waals surface area contributed by atoms with E-state index in [1.165, 1.54) is 0 Å². The van der Waals surface area contributed by atoms with Crippen LogP contribution in [0.1, 0.15) is 31.2 Å². The Bertz CT molecular complexity index is 803. The number of amides is 2. The Hall–Kier alpha value is -2.35. The van der Waals surface area contributed by atoms with Gasteiger partial charge in [0, 0.05) is 48.1 Å². The first-order chi connectivity index (χ1) is 13.4. The summed E-state index contributed by atoms with van der Waals surface area (Å²) in [5.41, 5.74) is 1.84. The number of hydrogen-bond donors (Lipinski definition) is 3. The third kappa shape index (κ3) is 5.58. The molecule has 0 saturated heterocycles. The Morgan fingerprint density at radius 2 is 1.75 bits per heavy atom. The number of anilines is 3. The lowest BCUT2D eigenvalue weighted by Crippen LogP contribution is -2.42. The highest BCUT2D eigenvalue weighted by Crippen LogP contribution is 2.23. The molecular weight excluding hydrogens is 420 g/mol. The minimum Gasteiger partial charge on any atom is -0.362 e. The maximum atomic E-state index is 12.2. The third-order valence-corrected chi connectivity index (χ3v) is 5.39. The Morgan fingerprint density at radius 1 is 1.11 bits per heavy atom. The predicted octanol–water partition coefficient (Wildman–Crippen LogP) is 4.16. The number of carbonyl (C=O) groups excluding carboxylic acids is 1. The van der Waals surface area contributed by atoms with Gasteiger partial charge in [0.05, 0.1) is 0 Å². The molecule has 1 fully saturated rings. The van der Waals surface area contributed by atoms with E-state index < -0.39 is 0 Å². The largest absolute Gasteiger partial charge is 0.362 e. The molecule has 0 aliphatic heterocycles. The highest BCUT2D eigenvalue weighted by atomic mass is 79.9. The average Bonchev–Trinajstić information content (AvgIpc) is 2.66. The summed E-state index contributed by atoms with van der Waals surface area (Å²) >= 11 is 3.39. The van der Waals surface area contributed by atoms with Crippen LogP contribution < -0.4 is 20.9 Å². The molecule has 150 valence electrons. The molecule has 28 heavy (non-hydrogen) atoms. The van der Waals surface area contributed by atoms with E-state index in [0.717, 1.165) is 47.2 Å². The zero-order valence-corrected chi connectivity index (χ0v) is 18.1. The normalized spacial score (nSPS) is 19.0. The molecule has 0 unspecified atom stereocenters. The highest BCUT2D eigenvalue weighted by molar-refractivity contribution is 9.10. The zero-order valence-electron chi connectivity index (χ0n) is 16.5. The van der Waals surface area contributed by atoms with E-state index in [2.05, 4.69) is 41.8 Å². The first-order valence-electron chi connectivity index (χ1n) is 9.51. The fourth-order valence-electron chi connectivity index (χ4n) is 3.41. The number of nitrogens with one attached hydrogen (secondary N) is 3. The third-order valence-electron chi connectivity index (χ3n) is 4.87. The van der Waals surface area contributed by atoms with Crippen molar-refractivity contribution in [1.29, 1.82) is 0 Å². The van der Waals surface area contributed by atoms with Crippen molar-refractivity contribution in [2.24, 2.45) is 0 Å². The number of nitrogens with zero attached hydrogens (tertiary/aromatic N) is 3. The Labute approximate surface area is 174 Å². The van der Waals surface area contributed by atoms with Crippen LogP contribution in [0.3, 0.4) is 0 Å². The van der Waals surface area contributed by atoms with Crippen molar-refractivity contribution < 1.29 is 4.79 Å². The van der Waals surface area contributed by atoms with Crippen molar-refractivity contribution in [2.45, 2.75) is 44.7 Å². The van der Waals surface area contributed by atoms with Gasteiger partial charge >= 0.3 is 6.03 Å². The van der Waals surface area contributed by atoms with Crippen molar-refractivity contribution in [1.82, 2.24) is 15.3 Å². The standard InChI is InChI=1S/C20H27BrN6O/c1-13-12-22-19(26-18(13)27(2)3)23-15-8-10-17(11-9-15)25-20(28)24-16-6-4-14(21)5-7-16/h4-7,12,15,17H,8-11H2,1-3H3,(H,22,23,26)(H2,24,25,28). The van der Waals surface area contributed by atoms with Crippen LogP contribution in [-0.2, 0) is 0 Å². The fraction of sp³-hybridized carbons (Fsp3) is 0.450. The summed E-state index contributed by atoms with van der Waals surface area (Å²) in [4.78, 5) is 23.2. The van der Waals surface area contributed by atoms with Crippen LogP contribution in [0.2, 0.25) is 0 Å². The summed E-state index contributed by atoms with van der Waals surface area (Å²) in [7, 11) is 3.96. The van der Waals surface area contributed by atoms with Gasteiger partial charge in [-0.3, -0.25) is 0 Å². The molecule has 1 aromatic heterocycles. The maximum absolute atomic E-state index is 12.2. The molecule has 2 amide bonds. The van der Waals surface area contributed by atoms with Gasteiger partial charge in [0.25, 0.3) is 0 Å². The summed E-state index contributed by atoms with van der Waals surface area (Å²) in [5.74, 6) is 1.59. The number of hydrogen-bond acceptors (Lipinski definition) is 5. The molecule has 3 N–H and O–H groups in total. The van der Waals surface area contributed by atoms with E-state index >= 15 is 0 Å². The van der Waals surface area contributed by atoms with Crippen molar-refractivity contribution >= 4 is 39.4 Å². The van der Waals surface area contributed by atoms with E-state index in [4.69, 9.17) is 0 Å². The molecule has 3 rings (SSSR count). The number of rotatable bonds is 5. The van der Waals surface area contributed by atoms with Gasteiger partial charge in [-0.1, -0.05) is 15.9 Å². The quantitative estimate of drug-likeness (QED) is 0.642. The number of benzene rings is 1. The van der Waals surface area contributed by atoms with Gasteiger partial charge in [-0.2, -0.15) is 4.98 Å². The molecule has 1 aliphatic rings. The molecule has 0 spiro atoms. The number of carbonyl (C=O) groups is 1. The van der Waals surface area contributed by atoms with E-state index in [1.54, 1.807) is 0 Å². The molecular formula is C20H27BrN6O. The topological polar surface area (TPSA) is 82.2 Å². The summed E-state index contributed by atoms with van der Waals surface area (Å²) in [6.07, 6.45) is 5.65. The lowest BCUT2D eigenvalue weighted by Gasteiger charge is -2.30. The molecule has 0 bridgehead atoms. The van der Waals surface area contributed by atoms with Crippen LogP contribution in [0.25, 0.3) is 0 Å². The van der Waals surface area contributed by atoms with Crippen LogP contribution in [0.5, 0.6) is 0 Å². The van der Waals surface area contributed by atoms with Crippen LogP contribution >= 0.6 is 15.9 Å². The smallest absolute Gasteiger partial charge is 0.319 e. The van der Waals surface area contributed by atoms with E-state index in [-0.39, 0.29) is 12.1 Å². The maximum Gasteiger partial charge on any atom is 0.319 e. The molecule has 8 heteroatoms. The van der Waals surface area contributed by atoms with E-state index in [1.807, 2.05) is 56.4 Å². The molecule has 0 atom stereocenters. The monoisotopic (exact) mass is 446 g/mol. The van der Waals surface area contributed by atoms with Crippen molar-refractivity contribution in [3.05, 3.63) is 40.5 Å². The fourth-order valence-corrected chi connectivity index (χ4v) is 3.67. The van der Waals surface area contributed by atoms with Crippen LogP contribution in [-0.4, -0.2) is 42.2 Å². The number of halogens is 1. The molecule has 7 nitrogen and oxygen atoms in total. The minimum absolute atomic E-state index is 0.156. The second-order valence-corrected chi connectivity index (χ2v) is 8.31. The molecule has 1 aliphatic carbocycles. The highest BCUT2D eigenvalue weighted by Gasteiger charge is 2.23. The van der Waals surface area contributed by atoms with Gasteiger partial charge in [0.1, 0.15) is 5.82 Å². The van der Waals surface area contributed by atoms with Gasteiger partial charge in [-0.15, -0.1) is 0 Å². The van der Waals surface area contributed by atoms with Gasteiger partial charge in [-0.05, 0) is 56.9 Å². The summed E-state index contributed by atoms with van der Waals surface area (Å²) in [6.45, 7) is 2.01. The lowest BCUT2D eigenvalue weighted by molar-refractivity contribution is 0.243. The summed E-state index contributed by atoms with van der Waals surface area (Å²) < 4.78 is 0.986. The molecule has 1 aromatic carbocycles. The van der Waals surface area contributed by atoms with Crippen molar-refractivity contribution in [2.75, 3.05) is 29.6 Å². The Morgan fingerprint density at radius 3 is 2.39 bits per heavy atom. The Kier molecular flexibility index (Phi) is 6.72. The van der Waals surface area contributed by atoms with Crippen LogP contribution in [0.15, 0.2) is 34.9 Å². The number of aromatic nitrogens is 2. The van der Waals surface area contributed by atoms with Crippen molar-refractivity contribution in [3.63, 3.8) is 0 Å². The first-order valence-corrected chi connectivity index (χ1v) is 10.3. The van der Waals surface area contributed by atoms with Gasteiger partial charge in [-0.25, -0.2) is 9.78 Å². The SMILES string of the molecule is Cc1cnc(NC2CCC(NC(=O)Nc3ccc(Br)cc3)CC2)nc1N(C)C. The lowest BCUT2D eigenvalue weighted by atomic mass is 9.91. The molecule has 0 radical (unpaired) electrons. The Balaban J connectivity index is 1.46. The van der Waals surface area contributed by atoms with Crippen LogP contribution in [0, 0.1) is 6.92 Å². The van der Waals surface area contributed by atoms with E-state index in [0.29, 0.717) is 12.0 Å². The summed E-state index contributed by atoms with van der Waals surface area (Å²) in [5, 5.41) is 9.39. The molecule has 1 saturated carbocycles. The van der Waals surface area contributed by atoms with Gasteiger partial charge in [0.2, 0.25) is 5.95 Å². The molecule has 2 aromatic rings. The first kappa shape index (κ1) is 20.4. The van der Waals surface area contributed by atoms with Crippen LogP contribution in [0.4, 0.5) is 22.2 Å². The minimum atomic E-state index is -0.156. The predicted molar refractivity (Wildman–Crippen MR) is 117 cm³/mol. The second-order valence-electron chi connectivity index (χ2n) is 7.39. The van der Waals surface area contributed by atoms with Gasteiger partial charge in [0.15, 0.2) is 0 Å². The second kappa shape index (κ2) is 9.23. The average molecular weight is 447 g/mol. The summed E-state index contributed by atoms with van der Waals surface area (Å²) in [6, 6.07) is 7.90. The number of aryl methyl sites for hydroxylation is 1. The zero-order chi connectivity index (χ0) is 20.1. The molecule has 1 heterocycles.